The Labute approximate surface area is 126 Å². The van der Waals surface area contributed by atoms with E-state index in [1.165, 1.54) is 24.0 Å². The zero-order chi connectivity index (χ0) is 14.5. The molecule has 1 aliphatic heterocycles. The lowest BCUT2D eigenvalue weighted by Gasteiger charge is -2.13. The Balaban J connectivity index is 1.62. The average Bonchev–Trinajstić information content (AvgIpc) is 3.08. The van der Waals surface area contributed by atoms with E-state index in [-0.39, 0.29) is 0 Å². The summed E-state index contributed by atoms with van der Waals surface area (Å²) in [7, 11) is 1.93. The van der Waals surface area contributed by atoms with Crippen LogP contribution in [0.25, 0.3) is 0 Å². The SMILES string of the molecule is CNc1ccccc1COc1ccc([C@@H]2CCCN2)cc1. The molecule has 1 saturated heterocycles. The van der Waals surface area contributed by atoms with Crippen molar-refractivity contribution in [3.63, 3.8) is 0 Å². The van der Waals surface area contributed by atoms with Crippen LogP contribution in [-0.4, -0.2) is 13.6 Å². The normalized spacial score (nSPS) is 17.7. The van der Waals surface area contributed by atoms with Gasteiger partial charge in [0, 0.05) is 24.3 Å². The molecule has 2 aromatic carbocycles. The van der Waals surface area contributed by atoms with Crippen LogP contribution in [0.2, 0.25) is 0 Å². The highest BCUT2D eigenvalue weighted by Crippen LogP contribution is 2.25. The Morgan fingerprint density at radius 1 is 1.14 bits per heavy atom. The minimum Gasteiger partial charge on any atom is -0.489 e. The molecule has 0 unspecified atom stereocenters. The molecule has 1 fully saturated rings. The van der Waals surface area contributed by atoms with Gasteiger partial charge in [0.15, 0.2) is 0 Å². The molecule has 2 N–H and O–H groups in total. The maximum atomic E-state index is 5.89. The third-order valence-electron chi connectivity index (χ3n) is 4.02. The summed E-state index contributed by atoms with van der Waals surface area (Å²) in [5.74, 6) is 0.919. The number of hydrogen-bond donors (Lipinski definition) is 2. The smallest absolute Gasteiger partial charge is 0.119 e. The predicted molar refractivity (Wildman–Crippen MR) is 86.7 cm³/mol. The van der Waals surface area contributed by atoms with E-state index >= 15 is 0 Å². The van der Waals surface area contributed by atoms with E-state index in [9.17, 15) is 0 Å². The second kappa shape index (κ2) is 6.64. The maximum Gasteiger partial charge on any atom is 0.119 e. The van der Waals surface area contributed by atoms with Gasteiger partial charge in [-0.15, -0.1) is 0 Å². The second-order valence-electron chi connectivity index (χ2n) is 5.41. The van der Waals surface area contributed by atoms with Gasteiger partial charge in [-0.25, -0.2) is 0 Å². The molecule has 2 aromatic rings. The lowest BCUT2D eigenvalue weighted by Crippen LogP contribution is -2.12. The molecule has 110 valence electrons. The summed E-state index contributed by atoms with van der Waals surface area (Å²) in [5.41, 5.74) is 3.64. The molecule has 3 heteroatoms. The van der Waals surface area contributed by atoms with E-state index in [0.717, 1.165) is 18.0 Å². The summed E-state index contributed by atoms with van der Waals surface area (Å²) >= 11 is 0. The summed E-state index contributed by atoms with van der Waals surface area (Å²) in [5, 5.41) is 6.71. The van der Waals surface area contributed by atoms with Crippen molar-refractivity contribution >= 4 is 5.69 Å². The molecule has 1 aliphatic rings. The Bertz CT molecular complexity index is 574. The van der Waals surface area contributed by atoms with E-state index in [1.807, 2.05) is 19.2 Å². The van der Waals surface area contributed by atoms with Crippen molar-refractivity contribution < 1.29 is 4.74 Å². The highest BCUT2D eigenvalue weighted by Gasteiger charge is 2.15. The summed E-state index contributed by atoms with van der Waals surface area (Å²) in [6.07, 6.45) is 2.50. The lowest BCUT2D eigenvalue weighted by molar-refractivity contribution is 0.306. The van der Waals surface area contributed by atoms with Crippen LogP contribution >= 0.6 is 0 Å². The van der Waals surface area contributed by atoms with Crippen LogP contribution in [-0.2, 0) is 6.61 Å². The predicted octanol–water partition coefficient (Wildman–Crippen LogP) is 3.73. The molecule has 21 heavy (non-hydrogen) atoms. The molecule has 0 aliphatic carbocycles. The molecular weight excluding hydrogens is 260 g/mol. The number of para-hydroxylation sites is 1. The molecular formula is C18H22N2O. The van der Waals surface area contributed by atoms with Gasteiger partial charge in [0.2, 0.25) is 0 Å². The first-order chi connectivity index (χ1) is 10.4. The first kappa shape index (κ1) is 14.0. The van der Waals surface area contributed by atoms with Crippen LogP contribution in [0.15, 0.2) is 48.5 Å². The summed E-state index contributed by atoms with van der Waals surface area (Å²) in [6, 6.07) is 17.2. The van der Waals surface area contributed by atoms with Crippen molar-refractivity contribution in [2.24, 2.45) is 0 Å². The van der Waals surface area contributed by atoms with Gasteiger partial charge in [-0.2, -0.15) is 0 Å². The lowest BCUT2D eigenvalue weighted by atomic mass is 10.1. The van der Waals surface area contributed by atoms with Gasteiger partial charge in [-0.05, 0) is 43.1 Å². The fraction of sp³-hybridized carbons (Fsp3) is 0.333. The average molecular weight is 282 g/mol. The Kier molecular flexibility index (Phi) is 4.41. The van der Waals surface area contributed by atoms with Crippen LogP contribution in [0, 0.1) is 0 Å². The molecule has 0 aromatic heterocycles. The van der Waals surface area contributed by atoms with Crippen molar-refractivity contribution in [3.8, 4) is 5.75 Å². The molecule has 0 saturated carbocycles. The Morgan fingerprint density at radius 3 is 2.67 bits per heavy atom. The number of ether oxygens (including phenoxy) is 1. The summed E-state index contributed by atoms with van der Waals surface area (Å²) in [6.45, 7) is 1.71. The van der Waals surface area contributed by atoms with Crippen molar-refractivity contribution in [3.05, 3.63) is 59.7 Å². The standard InChI is InChI=1S/C18H22N2O/c1-19-17-6-3-2-5-15(17)13-21-16-10-8-14(9-11-16)18-7-4-12-20-18/h2-3,5-6,8-11,18-20H,4,7,12-13H2,1H3/t18-/m0/s1. The van der Waals surface area contributed by atoms with Gasteiger partial charge in [0.1, 0.15) is 12.4 Å². The van der Waals surface area contributed by atoms with Crippen LogP contribution in [0.4, 0.5) is 5.69 Å². The van der Waals surface area contributed by atoms with Gasteiger partial charge < -0.3 is 15.4 Å². The zero-order valence-corrected chi connectivity index (χ0v) is 12.4. The third-order valence-corrected chi connectivity index (χ3v) is 4.02. The highest BCUT2D eigenvalue weighted by molar-refractivity contribution is 5.50. The fourth-order valence-corrected chi connectivity index (χ4v) is 2.82. The van der Waals surface area contributed by atoms with Crippen molar-refractivity contribution in [1.82, 2.24) is 5.32 Å². The van der Waals surface area contributed by atoms with Crippen LogP contribution < -0.4 is 15.4 Å². The molecule has 0 spiro atoms. The first-order valence-corrected chi connectivity index (χ1v) is 7.58. The summed E-state index contributed by atoms with van der Waals surface area (Å²) in [4.78, 5) is 0. The number of rotatable bonds is 5. The van der Waals surface area contributed by atoms with E-state index in [2.05, 4.69) is 47.0 Å². The summed E-state index contributed by atoms with van der Waals surface area (Å²) < 4.78 is 5.89. The monoisotopic (exact) mass is 282 g/mol. The number of anilines is 1. The number of hydrogen-bond acceptors (Lipinski definition) is 3. The molecule has 3 rings (SSSR count). The molecule has 1 atom stereocenters. The van der Waals surface area contributed by atoms with Crippen molar-refractivity contribution in [1.29, 1.82) is 0 Å². The van der Waals surface area contributed by atoms with Gasteiger partial charge in [-0.1, -0.05) is 30.3 Å². The zero-order valence-electron chi connectivity index (χ0n) is 12.4. The van der Waals surface area contributed by atoms with E-state index < -0.39 is 0 Å². The number of nitrogens with one attached hydrogen (secondary N) is 2. The maximum absolute atomic E-state index is 5.89. The molecule has 0 bridgehead atoms. The fourth-order valence-electron chi connectivity index (χ4n) is 2.82. The highest BCUT2D eigenvalue weighted by atomic mass is 16.5. The molecule has 1 heterocycles. The third kappa shape index (κ3) is 3.37. The largest absolute Gasteiger partial charge is 0.489 e. The van der Waals surface area contributed by atoms with Crippen LogP contribution in [0.3, 0.4) is 0 Å². The second-order valence-corrected chi connectivity index (χ2v) is 5.41. The van der Waals surface area contributed by atoms with Crippen molar-refractivity contribution in [2.75, 3.05) is 18.9 Å². The Hall–Kier alpha value is -2.00. The van der Waals surface area contributed by atoms with Gasteiger partial charge in [-0.3, -0.25) is 0 Å². The number of benzene rings is 2. The Morgan fingerprint density at radius 2 is 1.95 bits per heavy atom. The van der Waals surface area contributed by atoms with Gasteiger partial charge in [0.25, 0.3) is 0 Å². The molecule has 0 radical (unpaired) electrons. The quantitative estimate of drug-likeness (QED) is 0.876. The molecule has 3 nitrogen and oxygen atoms in total. The van der Waals surface area contributed by atoms with Gasteiger partial charge in [0.05, 0.1) is 0 Å². The first-order valence-electron chi connectivity index (χ1n) is 7.58. The topological polar surface area (TPSA) is 33.3 Å². The van der Waals surface area contributed by atoms with Crippen LogP contribution in [0.5, 0.6) is 5.75 Å². The minimum atomic E-state index is 0.518. The van der Waals surface area contributed by atoms with Crippen LogP contribution in [0.1, 0.15) is 30.0 Å². The minimum absolute atomic E-state index is 0.518. The van der Waals surface area contributed by atoms with E-state index in [0.29, 0.717) is 12.6 Å². The van der Waals surface area contributed by atoms with E-state index in [1.54, 1.807) is 0 Å². The van der Waals surface area contributed by atoms with Gasteiger partial charge >= 0.3 is 0 Å². The molecule has 0 amide bonds. The van der Waals surface area contributed by atoms with E-state index in [4.69, 9.17) is 4.74 Å². The van der Waals surface area contributed by atoms with Crippen molar-refractivity contribution in [2.45, 2.75) is 25.5 Å².